The fourth-order valence-electron chi connectivity index (χ4n) is 2.07. The quantitative estimate of drug-likeness (QED) is 0.630. The lowest BCUT2D eigenvalue weighted by Gasteiger charge is -2.25. The number of benzene rings is 1. The first kappa shape index (κ1) is 15.4. The zero-order chi connectivity index (χ0) is 15.1. The highest BCUT2D eigenvalue weighted by atomic mass is 16.6. The summed E-state index contributed by atoms with van der Waals surface area (Å²) in [4.78, 5) is 11.9. The van der Waals surface area contributed by atoms with Gasteiger partial charge in [0.25, 0.3) is 0 Å². The standard InChI is InChI=1S/C16H20O5/c1-18-12-7-9-13(10-8-12)21-14-6-4-3-5-11-20-15(14)16(17)19-2/h4,6-10,14-15H,3,5,11H2,1-2H3/b6-4-/t14-,15-/m1/s1. The molecule has 0 aliphatic carbocycles. The molecule has 0 unspecified atom stereocenters. The number of esters is 1. The van der Waals surface area contributed by atoms with E-state index in [0.29, 0.717) is 12.4 Å². The van der Waals surface area contributed by atoms with E-state index in [-0.39, 0.29) is 0 Å². The number of carbonyl (C=O) groups is 1. The van der Waals surface area contributed by atoms with Gasteiger partial charge in [-0.2, -0.15) is 0 Å². The second-order valence-electron chi connectivity index (χ2n) is 4.64. The molecule has 0 bridgehead atoms. The van der Waals surface area contributed by atoms with Crippen LogP contribution in [-0.4, -0.2) is 39.0 Å². The Morgan fingerprint density at radius 2 is 1.90 bits per heavy atom. The third-order valence-corrected chi connectivity index (χ3v) is 3.20. The zero-order valence-corrected chi connectivity index (χ0v) is 12.3. The summed E-state index contributed by atoms with van der Waals surface area (Å²) in [6.07, 6.45) is 4.37. The minimum absolute atomic E-state index is 0.430. The van der Waals surface area contributed by atoms with Crippen molar-refractivity contribution in [2.75, 3.05) is 20.8 Å². The minimum Gasteiger partial charge on any atom is -0.497 e. The van der Waals surface area contributed by atoms with E-state index in [1.54, 1.807) is 31.4 Å². The summed E-state index contributed by atoms with van der Waals surface area (Å²) in [5, 5.41) is 0. The van der Waals surface area contributed by atoms with Gasteiger partial charge in [-0.25, -0.2) is 4.79 Å². The van der Waals surface area contributed by atoms with Gasteiger partial charge in [-0.1, -0.05) is 6.08 Å². The van der Waals surface area contributed by atoms with Crippen molar-refractivity contribution in [3.8, 4) is 11.5 Å². The van der Waals surface area contributed by atoms with Gasteiger partial charge in [0, 0.05) is 6.61 Å². The number of hydrogen-bond acceptors (Lipinski definition) is 5. The highest BCUT2D eigenvalue weighted by Gasteiger charge is 2.31. The van der Waals surface area contributed by atoms with E-state index in [9.17, 15) is 4.79 Å². The van der Waals surface area contributed by atoms with Crippen molar-refractivity contribution in [2.45, 2.75) is 25.0 Å². The molecule has 0 amide bonds. The molecule has 1 heterocycles. The summed E-state index contributed by atoms with van der Waals surface area (Å²) in [6, 6.07) is 7.19. The van der Waals surface area contributed by atoms with Crippen LogP contribution >= 0.6 is 0 Å². The Morgan fingerprint density at radius 3 is 2.57 bits per heavy atom. The molecule has 2 rings (SSSR count). The van der Waals surface area contributed by atoms with Crippen LogP contribution in [0, 0.1) is 0 Å². The summed E-state index contributed by atoms with van der Waals surface area (Å²) in [5.74, 6) is 0.958. The van der Waals surface area contributed by atoms with Gasteiger partial charge in [-0.3, -0.25) is 0 Å². The fourth-order valence-corrected chi connectivity index (χ4v) is 2.07. The molecule has 0 spiro atoms. The number of methoxy groups -OCH3 is 2. The van der Waals surface area contributed by atoms with Crippen LogP contribution in [0.1, 0.15) is 12.8 Å². The van der Waals surface area contributed by atoms with Gasteiger partial charge < -0.3 is 18.9 Å². The first-order chi connectivity index (χ1) is 10.2. The van der Waals surface area contributed by atoms with Crippen LogP contribution in [0.4, 0.5) is 0 Å². The van der Waals surface area contributed by atoms with Crippen LogP contribution in [0.5, 0.6) is 11.5 Å². The molecular formula is C16H20O5. The molecule has 0 fully saturated rings. The number of carbonyl (C=O) groups excluding carboxylic acids is 1. The minimum atomic E-state index is -0.756. The molecule has 0 saturated heterocycles. The van der Waals surface area contributed by atoms with E-state index >= 15 is 0 Å². The second-order valence-corrected chi connectivity index (χ2v) is 4.64. The molecular weight excluding hydrogens is 272 g/mol. The lowest BCUT2D eigenvalue weighted by atomic mass is 10.1. The van der Waals surface area contributed by atoms with Crippen LogP contribution in [0.2, 0.25) is 0 Å². The summed E-state index contributed by atoms with van der Waals surface area (Å²) in [6.45, 7) is 0.507. The summed E-state index contributed by atoms with van der Waals surface area (Å²) < 4.78 is 21.3. The normalized spacial score (nSPS) is 23.5. The van der Waals surface area contributed by atoms with Crippen LogP contribution < -0.4 is 9.47 Å². The van der Waals surface area contributed by atoms with E-state index in [4.69, 9.17) is 18.9 Å². The van der Waals surface area contributed by atoms with Crippen LogP contribution in [0.3, 0.4) is 0 Å². The predicted octanol–water partition coefficient (Wildman–Crippen LogP) is 2.35. The van der Waals surface area contributed by atoms with Gasteiger partial charge >= 0.3 is 5.97 Å². The SMILES string of the molecule is COC(=O)[C@@H]1OCCC/C=C\[C@H]1Oc1ccc(OC)cc1. The fraction of sp³-hybridized carbons (Fsp3) is 0.438. The first-order valence-corrected chi connectivity index (χ1v) is 6.91. The van der Waals surface area contributed by atoms with Crippen LogP contribution in [0.25, 0.3) is 0 Å². The molecule has 0 aromatic heterocycles. The Labute approximate surface area is 124 Å². The van der Waals surface area contributed by atoms with Crippen molar-refractivity contribution >= 4 is 5.97 Å². The van der Waals surface area contributed by atoms with E-state index in [0.717, 1.165) is 18.6 Å². The van der Waals surface area contributed by atoms with Gasteiger partial charge in [0.15, 0.2) is 12.2 Å². The zero-order valence-electron chi connectivity index (χ0n) is 12.3. The van der Waals surface area contributed by atoms with Crippen molar-refractivity contribution in [2.24, 2.45) is 0 Å². The highest BCUT2D eigenvalue weighted by Crippen LogP contribution is 2.21. The van der Waals surface area contributed by atoms with Crippen molar-refractivity contribution in [1.29, 1.82) is 0 Å². The number of hydrogen-bond donors (Lipinski definition) is 0. The Balaban J connectivity index is 2.14. The second kappa shape index (κ2) is 7.69. The molecule has 2 atom stereocenters. The maximum atomic E-state index is 11.9. The van der Waals surface area contributed by atoms with Gasteiger partial charge in [-0.15, -0.1) is 0 Å². The van der Waals surface area contributed by atoms with E-state index < -0.39 is 18.2 Å². The third kappa shape index (κ3) is 4.23. The molecule has 1 aromatic rings. The molecule has 5 heteroatoms. The lowest BCUT2D eigenvalue weighted by molar-refractivity contribution is -0.159. The van der Waals surface area contributed by atoms with Crippen molar-refractivity contribution in [1.82, 2.24) is 0 Å². The highest BCUT2D eigenvalue weighted by molar-refractivity contribution is 5.75. The molecule has 0 saturated carbocycles. The molecule has 1 aliphatic heterocycles. The van der Waals surface area contributed by atoms with E-state index in [2.05, 4.69) is 0 Å². The maximum Gasteiger partial charge on any atom is 0.339 e. The predicted molar refractivity (Wildman–Crippen MR) is 77.5 cm³/mol. The van der Waals surface area contributed by atoms with Crippen molar-refractivity contribution < 1.29 is 23.7 Å². The summed E-state index contributed by atoms with van der Waals surface area (Å²) >= 11 is 0. The molecule has 1 aliphatic rings. The van der Waals surface area contributed by atoms with Crippen molar-refractivity contribution in [3.05, 3.63) is 36.4 Å². The average molecular weight is 292 g/mol. The lowest BCUT2D eigenvalue weighted by Crippen LogP contribution is -2.40. The Morgan fingerprint density at radius 1 is 1.19 bits per heavy atom. The average Bonchev–Trinajstić information content (AvgIpc) is 2.50. The van der Waals surface area contributed by atoms with Crippen LogP contribution in [-0.2, 0) is 14.3 Å². The van der Waals surface area contributed by atoms with E-state index in [1.807, 2.05) is 12.2 Å². The molecule has 114 valence electrons. The summed E-state index contributed by atoms with van der Waals surface area (Å²) in [7, 11) is 2.95. The van der Waals surface area contributed by atoms with Gasteiger partial charge in [0.2, 0.25) is 0 Å². The molecule has 1 aromatic carbocycles. The number of allylic oxidation sites excluding steroid dienone is 1. The first-order valence-electron chi connectivity index (χ1n) is 6.91. The number of ether oxygens (including phenoxy) is 4. The molecule has 0 radical (unpaired) electrons. The molecule has 5 nitrogen and oxygen atoms in total. The largest absolute Gasteiger partial charge is 0.497 e. The van der Waals surface area contributed by atoms with Gasteiger partial charge in [0.1, 0.15) is 11.5 Å². The maximum absolute atomic E-state index is 11.9. The Hall–Kier alpha value is -2.01. The molecule has 0 N–H and O–H groups in total. The smallest absolute Gasteiger partial charge is 0.339 e. The van der Waals surface area contributed by atoms with Gasteiger partial charge in [-0.05, 0) is 43.2 Å². The van der Waals surface area contributed by atoms with Gasteiger partial charge in [0.05, 0.1) is 14.2 Å². The topological polar surface area (TPSA) is 54.0 Å². The summed E-state index contributed by atoms with van der Waals surface area (Å²) in [5.41, 5.74) is 0. The number of rotatable bonds is 4. The molecule has 21 heavy (non-hydrogen) atoms. The third-order valence-electron chi connectivity index (χ3n) is 3.20. The Bertz CT molecular complexity index is 480. The van der Waals surface area contributed by atoms with Crippen molar-refractivity contribution in [3.63, 3.8) is 0 Å². The Kier molecular flexibility index (Phi) is 5.63. The van der Waals surface area contributed by atoms with E-state index in [1.165, 1.54) is 7.11 Å². The monoisotopic (exact) mass is 292 g/mol. The van der Waals surface area contributed by atoms with Crippen LogP contribution in [0.15, 0.2) is 36.4 Å².